The number of benzene rings is 1. The van der Waals surface area contributed by atoms with E-state index in [0.29, 0.717) is 10.2 Å². The van der Waals surface area contributed by atoms with Crippen molar-refractivity contribution in [2.75, 3.05) is 5.75 Å². The molecule has 0 spiro atoms. The van der Waals surface area contributed by atoms with E-state index in [9.17, 15) is 9.18 Å². The topological polar surface area (TPSA) is 49.3 Å². The molecule has 0 aliphatic carbocycles. The van der Waals surface area contributed by atoms with E-state index in [-0.39, 0.29) is 11.2 Å². The van der Waals surface area contributed by atoms with E-state index in [2.05, 4.69) is 21.2 Å². The van der Waals surface area contributed by atoms with Gasteiger partial charge in [-0.3, -0.25) is 10.1 Å². The maximum absolute atomic E-state index is 13.0. The normalized spacial score (nSPS) is 24.6. The number of carbonyl (C=O) groups is 1. The van der Waals surface area contributed by atoms with Crippen LogP contribution in [0.15, 0.2) is 22.7 Å². The molecular formula is C10H9BrFNO2S. The molecule has 2 atom stereocenters. The first-order valence-electron chi connectivity index (χ1n) is 4.63. The lowest BCUT2D eigenvalue weighted by Crippen LogP contribution is -2.33. The smallest absolute Gasteiger partial charge is 0.321 e. The fourth-order valence-electron chi connectivity index (χ4n) is 1.48. The summed E-state index contributed by atoms with van der Waals surface area (Å²) >= 11 is 4.62. The molecule has 0 saturated carbocycles. The molecule has 2 N–H and O–H groups in total. The molecule has 1 fully saturated rings. The van der Waals surface area contributed by atoms with Gasteiger partial charge in [0.05, 0.1) is 9.85 Å². The number of rotatable bonds is 2. The van der Waals surface area contributed by atoms with E-state index in [1.165, 1.54) is 17.8 Å². The first-order valence-corrected chi connectivity index (χ1v) is 6.47. The van der Waals surface area contributed by atoms with Gasteiger partial charge < -0.3 is 5.11 Å². The van der Waals surface area contributed by atoms with Crippen molar-refractivity contribution in [3.8, 4) is 0 Å². The van der Waals surface area contributed by atoms with E-state index < -0.39 is 12.0 Å². The van der Waals surface area contributed by atoms with E-state index in [4.69, 9.17) is 5.11 Å². The van der Waals surface area contributed by atoms with Crippen molar-refractivity contribution in [2.24, 2.45) is 0 Å². The lowest BCUT2D eigenvalue weighted by molar-refractivity contribution is -0.138. The Balaban J connectivity index is 2.14. The largest absolute Gasteiger partial charge is 0.480 e. The van der Waals surface area contributed by atoms with E-state index in [0.717, 1.165) is 5.56 Å². The second kappa shape index (κ2) is 4.73. The third-order valence-corrected chi connectivity index (χ3v) is 4.20. The molecule has 1 heterocycles. The van der Waals surface area contributed by atoms with Crippen molar-refractivity contribution in [3.05, 3.63) is 34.1 Å². The minimum Gasteiger partial charge on any atom is -0.480 e. The van der Waals surface area contributed by atoms with Crippen LogP contribution in [-0.4, -0.2) is 22.9 Å². The van der Waals surface area contributed by atoms with Gasteiger partial charge in [0.25, 0.3) is 0 Å². The van der Waals surface area contributed by atoms with Gasteiger partial charge in [0, 0.05) is 5.75 Å². The van der Waals surface area contributed by atoms with Gasteiger partial charge in [-0.15, -0.1) is 11.8 Å². The summed E-state index contributed by atoms with van der Waals surface area (Å²) in [6.07, 6.45) is 0. The minimum absolute atomic E-state index is 0.0852. The molecule has 1 aliphatic heterocycles. The summed E-state index contributed by atoms with van der Waals surface area (Å²) in [4.78, 5) is 10.8. The van der Waals surface area contributed by atoms with Gasteiger partial charge in [0.2, 0.25) is 0 Å². The number of hydrogen-bond acceptors (Lipinski definition) is 3. The van der Waals surface area contributed by atoms with Gasteiger partial charge >= 0.3 is 5.97 Å². The molecule has 1 aromatic rings. The van der Waals surface area contributed by atoms with Crippen molar-refractivity contribution >= 4 is 33.7 Å². The summed E-state index contributed by atoms with van der Waals surface area (Å²) in [6.45, 7) is 0. The summed E-state index contributed by atoms with van der Waals surface area (Å²) in [5.41, 5.74) is 0.877. The molecule has 16 heavy (non-hydrogen) atoms. The summed E-state index contributed by atoms with van der Waals surface area (Å²) in [5.74, 6) is -0.646. The molecule has 0 bridgehead atoms. The fraction of sp³-hybridized carbons (Fsp3) is 0.300. The Morgan fingerprint density at radius 2 is 2.38 bits per heavy atom. The van der Waals surface area contributed by atoms with Crippen LogP contribution in [0.2, 0.25) is 0 Å². The van der Waals surface area contributed by atoms with Crippen LogP contribution in [0.5, 0.6) is 0 Å². The van der Waals surface area contributed by atoms with Crippen LogP contribution in [-0.2, 0) is 4.79 Å². The Morgan fingerprint density at radius 3 is 2.94 bits per heavy atom. The molecule has 1 aromatic carbocycles. The summed E-state index contributed by atoms with van der Waals surface area (Å²) in [6, 6.07) is 4.17. The Labute approximate surface area is 105 Å². The Kier molecular flexibility index (Phi) is 3.51. The molecule has 6 heteroatoms. The number of carboxylic acid groups (broad SMARTS) is 1. The van der Waals surface area contributed by atoms with Crippen molar-refractivity contribution in [1.29, 1.82) is 0 Å². The maximum atomic E-state index is 13.0. The van der Waals surface area contributed by atoms with Crippen LogP contribution in [0.4, 0.5) is 4.39 Å². The highest BCUT2D eigenvalue weighted by Crippen LogP contribution is 2.34. The summed E-state index contributed by atoms with van der Waals surface area (Å²) in [7, 11) is 0. The van der Waals surface area contributed by atoms with Crippen molar-refractivity contribution in [1.82, 2.24) is 5.32 Å². The third kappa shape index (κ3) is 2.39. The van der Waals surface area contributed by atoms with Crippen LogP contribution in [0.25, 0.3) is 0 Å². The quantitative estimate of drug-likeness (QED) is 0.881. The molecule has 1 saturated heterocycles. The SMILES string of the molecule is O=C(O)[C@@H]1CSC(c2ccc(F)c(Br)c2)N1. The van der Waals surface area contributed by atoms with Crippen molar-refractivity contribution in [3.63, 3.8) is 0 Å². The Hall–Kier alpha value is -0.590. The molecule has 86 valence electrons. The van der Waals surface area contributed by atoms with Crippen LogP contribution in [0.1, 0.15) is 10.9 Å². The average molecular weight is 306 g/mol. The van der Waals surface area contributed by atoms with Gasteiger partial charge in [-0.25, -0.2) is 4.39 Å². The average Bonchev–Trinajstić information content (AvgIpc) is 2.71. The number of hydrogen-bond donors (Lipinski definition) is 2. The second-order valence-electron chi connectivity index (χ2n) is 3.44. The molecule has 0 aromatic heterocycles. The monoisotopic (exact) mass is 305 g/mol. The molecular weight excluding hydrogens is 297 g/mol. The van der Waals surface area contributed by atoms with Gasteiger partial charge in [-0.05, 0) is 33.6 Å². The van der Waals surface area contributed by atoms with E-state index in [1.54, 1.807) is 12.1 Å². The number of nitrogens with one attached hydrogen (secondary N) is 1. The lowest BCUT2D eigenvalue weighted by atomic mass is 10.2. The first-order chi connectivity index (χ1) is 7.58. The highest BCUT2D eigenvalue weighted by atomic mass is 79.9. The Bertz CT molecular complexity index is 429. The van der Waals surface area contributed by atoms with Crippen LogP contribution >= 0.6 is 27.7 Å². The number of carboxylic acids is 1. The summed E-state index contributed by atoms with van der Waals surface area (Å²) in [5, 5.41) is 11.7. The third-order valence-electron chi connectivity index (χ3n) is 2.33. The number of aliphatic carboxylic acids is 1. The zero-order valence-electron chi connectivity index (χ0n) is 8.11. The predicted octanol–water partition coefficient (Wildman–Crippen LogP) is 2.38. The molecule has 1 aliphatic rings. The van der Waals surface area contributed by atoms with Gasteiger partial charge in [0.15, 0.2) is 0 Å². The molecule has 0 amide bonds. The van der Waals surface area contributed by atoms with Crippen LogP contribution in [0.3, 0.4) is 0 Å². The second-order valence-corrected chi connectivity index (χ2v) is 5.44. The zero-order chi connectivity index (χ0) is 11.7. The highest BCUT2D eigenvalue weighted by Gasteiger charge is 2.30. The van der Waals surface area contributed by atoms with Crippen molar-refractivity contribution < 1.29 is 14.3 Å². The zero-order valence-corrected chi connectivity index (χ0v) is 10.5. The van der Waals surface area contributed by atoms with E-state index >= 15 is 0 Å². The molecule has 2 rings (SSSR count). The lowest BCUT2D eigenvalue weighted by Gasteiger charge is -2.11. The predicted molar refractivity (Wildman–Crippen MR) is 63.9 cm³/mol. The molecule has 1 unspecified atom stereocenters. The number of halogens is 2. The van der Waals surface area contributed by atoms with Crippen LogP contribution < -0.4 is 5.32 Å². The van der Waals surface area contributed by atoms with Gasteiger partial charge in [-0.1, -0.05) is 6.07 Å². The standard InChI is InChI=1S/C10H9BrFNO2S/c11-6-3-5(1-2-7(6)12)9-13-8(4-16-9)10(14)15/h1-3,8-9,13H,4H2,(H,14,15)/t8-,9?/m0/s1. The molecule has 3 nitrogen and oxygen atoms in total. The Morgan fingerprint density at radius 1 is 1.62 bits per heavy atom. The number of thioether (sulfide) groups is 1. The molecule has 0 radical (unpaired) electrons. The summed E-state index contributed by atoms with van der Waals surface area (Å²) < 4.78 is 13.4. The van der Waals surface area contributed by atoms with Gasteiger partial charge in [0.1, 0.15) is 11.9 Å². The highest BCUT2D eigenvalue weighted by molar-refractivity contribution is 9.10. The van der Waals surface area contributed by atoms with Crippen molar-refractivity contribution in [2.45, 2.75) is 11.4 Å². The fourth-order valence-corrected chi connectivity index (χ4v) is 3.10. The van der Waals surface area contributed by atoms with Gasteiger partial charge in [-0.2, -0.15) is 0 Å². The minimum atomic E-state index is -0.851. The van der Waals surface area contributed by atoms with Crippen LogP contribution in [0, 0.1) is 5.82 Å². The maximum Gasteiger partial charge on any atom is 0.321 e. The van der Waals surface area contributed by atoms with E-state index in [1.807, 2.05) is 0 Å². The first kappa shape index (κ1) is 11.9.